The van der Waals surface area contributed by atoms with Gasteiger partial charge in [-0.1, -0.05) is 29.8 Å². The molecule has 0 fully saturated rings. The van der Waals surface area contributed by atoms with Crippen LogP contribution >= 0.6 is 11.6 Å². The molecule has 0 saturated heterocycles. The van der Waals surface area contributed by atoms with Gasteiger partial charge in [0.25, 0.3) is 0 Å². The zero-order chi connectivity index (χ0) is 12.9. The normalized spacial score (nSPS) is 13.6. The van der Waals surface area contributed by atoms with Crippen LogP contribution in [0.2, 0.25) is 5.02 Å². The number of hydrogen-bond acceptors (Lipinski definition) is 4. The summed E-state index contributed by atoms with van der Waals surface area (Å²) in [5, 5.41) is 12.6. The minimum Gasteiger partial charge on any atom is -0.391 e. The van der Waals surface area contributed by atoms with Gasteiger partial charge in [0.1, 0.15) is 0 Å². The Kier molecular flexibility index (Phi) is 5.39. The highest BCUT2D eigenvalue weighted by atomic mass is 35.5. The number of benzene rings is 1. The molecule has 6 heteroatoms. The van der Waals surface area contributed by atoms with Crippen molar-refractivity contribution in [2.75, 3.05) is 19.3 Å². The van der Waals surface area contributed by atoms with Crippen LogP contribution in [0.3, 0.4) is 0 Å². The molecule has 0 aliphatic rings. The molecule has 2 N–H and O–H groups in total. The molecular formula is C11H16ClNO3S. The Morgan fingerprint density at radius 1 is 1.41 bits per heavy atom. The molecule has 0 amide bonds. The van der Waals surface area contributed by atoms with E-state index in [0.29, 0.717) is 10.6 Å². The zero-order valence-electron chi connectivity index (χ0n) is 9.56. The lowest BCUT2D eigenvalue weighted by Gasteiger charge is -2.11. The summed E-state index contributed by atoms with van der Waals surface area (Å²) in [5.74, 6) is -0.410. The topological polar surface area (TPSA) is 66.4 Å². The Morgan fingerprint density at radius 2 is 2.06 bits per heavy atom. The van der Waals surface area contributed by atoms with E-state index in [1.165, 1.54) is 0 Å². The quantitative estimate of drug-likeness (QED) is 0.809. The van der Waals surface area contributed by atoms with Gasteiger partial charge in [-0.2, -0.15) is 0 Å². The van der Waals surface area contributed by atoms with Gasteiger partial charge in [0.15, 0.2) is 9.84 Å². The van der Waals surface area contributed by atoms with Crippen LogP contribution in [-0.2, 0) is 15.6 Å². The molecule has 1 atom stereocenters. The monoisotopic (exact) mass is 277 g/mol. The fourth-order valence-corrected chi connectivity index (χ4v) is 3.33. The van der Waals surface area contributed by atoms with Crippen molar-refractivity contribution in [3.63, 3.8) is 0 Å². The van der Waals surface area contributed by atoms with E-state index < -0.39 is 15.9 Å². The lowest BCUT2D eigenvalue weighted by atomic mass is 10.2. The van der Waals surface area contributed by atoms with Gasteiger partial charge in [0, 0.05) is 11.6 Å². The maximum absolute atomic E-state index is 11.8. The van der Waals surface area contributed by atoms with Crippen LogP contribution in [0.1, 0.15) is 5.56 Å². The molecule has 0 aromatic heterocycles. The van der Waals surface area contributed by atoms with E-state index in [1.807, 2.05) is 0 Å². The first kappa shape index (κ1) is 14.4. The van der Waals surface area contributed by atoms with Crippen LogP contribution in [0.25, 0.3) is 0 Å². The SMILES string of the molecule is CNCC(O)CS(=O)(=O)Cc1ccccc1Cl. The second-order valence-electron chi connectivity index (χ2n) is 3.86. The molecule has 1 unspecified atom stereocenters. The second kappa shape index (κ2) is 6.35. The van der Waals surface area contributed by atoms with Gasteiger partial charge in [-0.25, -0.2) is 8.42 Å². The Morgan fingerprint density at radius 3 is 2.65 bits per heavy atom. The van der Waals surface area contributed by atoms with Crippen LogP contribution in [0.15, 0.2) is 24.3 Å². The molecule has 1 rings (SSSR count). The van der Waals surface area contributed by atoms with E-state index in [9.17, 15) is 13.5 Å². The Labute approximate surface area is 107 Å². The van der Waals surface area contributed by atoms with E-state index >= 15 is 0 Å². The highest BCUT2D eigenvalue weighted by molar-refractivity contribution is 7.90. The molecule has 0 aliphatic carbocycles. The van der Waals surface area contributed by atoms with Gasteiger partial charge >= 0.3 is 0 Å². The number of aliphatic hydroxyl groups is 1. The van der Waals surface area contributed by atoms with E-state index in [2.05, 4.69) is 5.32 Å². The molecule has 96 valence electrons. The number of aliphatic hydroxyl groups excluding tert-OH is 1. The zero-order valence-corrected chi connectivity index (χ0v) is 11.1. The summed E-state index contributed by atoms with van der Waals surface area (Å²) in [6.45, 7) is 0.252. The Balaban J connectivity index is 2.70. The summed E-state index contributed by atoms with van der Waals surface area (Å²) in [5.41, 5.74) is 0.561. The van der Waals surface area contributed by atoms with Gasteiger partial charge in [0.2, 0.25) is 0 Å². The molecule has 1 aromatic carbocycles. The Hall–Kier alpha value is -0.620. The average molecular weight is 278 g/mol. The third-order valence-electron chi connectivity index (χ3n) is 2.22. The molecular weight excluding hydrogens is 262 g/mol. The number of halogens is 1. The van der Waals surface area contributed by atoms with Gasteiger partial charge in [-0.15, -0.1) is 0 Å². The van der Waals surface area contributed by atoms with Crippen LogP contribution in [-0.4, -0.2) is 39.0 Å². The summed E-state index contributed by atoms with van der Waals surface area (Å²) < 4.78 is 23.6. The first-order valence-electron chi connectivity index (χ1n) is 5.21. The van der Waals surface area contributed by atoms with Gasteiger partial charge in [-0.3, -0.25) is 0 Å². The standard InChI is InChI=1S/C11H16ClNO3S/c1-13-6-10(14)8-17(15,16)7-9-4-2-3-5-11(9)12/h2-5,10,13-14H,6-8H2,1H3. The highest BCUT2D eigenvalue weighted by Gasteiger charge is 2.18. The average Bonchev–Trinajstić information content (AvgIpc) is 2.20. The van der Waals surface area contributed by atoms with E-state index in [1.54, 1.807) is 31.3 Å². The molecule has 0 heterocycles. The van der Waals surface area contributed by atoms with E-state index in [4.69, 9.17) is 11.6 Å². The number of sulfone groups is 1. The van der Waals surface area contributed by atoms with Crippen LogP contribution in [0.5, 0.6) is 0 Å². The van der Waals surface area contributed by atoms with Crippen molar-refractivity contribution in [1.29, 1.82) is 0 Å². The van der Waals surface area contributed by atoms with Crippen molar-refractivity contribution >= 4 is 21.4 Å². The minimum absolute atomic E-state index is 0.145. The highest BCUT2D eigenvalue weighted by Crippen LogP contribution is 2.18. The van der Waals surface area contributed by atoms with Crippen molar-refractivity contribution in [3.8, 4) is 0 Å². The maximum Gasteiger partial charge on any atom is 0.157 e. The summed E-state index contributed by atoms with van der Waals surface area (Å²) in [6, 6.07) is 6.80. The molecule has 1 aromatic rings. The smallest absolute Gasteiger partial charge is 0.157 e. The third-order valence-corrected chi connectivity index (χ3v) is 4.23. The molecule has 17 heavy (non-hydrogen) atoms. The summed E-state index contributed by atoms with van der Waals surface area (Å²) >= 11 is 5.89. The van der Waals surface area contributed by atoms with Crippen molar-refractivity contribution in [1.82, 2.24) is 5.32 Å². The first-order chi connectivity index (χ1) is 7.94. The van der Waals surface area contributed by atoms with Crippen molar-refractivity contribution < 1.29 is 13.5 Å². The molecule has 0 aliphatic heterocycles. The third kappa shape index (κ3) is 5.04. The van der Waals surface area contributed by atoms with Gasteiger partial charge in [0.05, 0.1) is 17.6 Å². The van der Waals surface area contributed by atoms with Crippen LogP contribution in [0, 0.1) is 0 Å². The number of nitrogens with one attached hydrogen (secondary N) is 1. The largest absolute Gasteiger partial charge is 0.391 e. The minimum atomic E-state index is -3.35. The van der Waals surface area contributed by atoms with Gasteiger partial charge < -0.3 is 10.4 Å². The van der Waals surface area contributed by atoms with Gasteiger partial charge in [-0.05, 0) is 18.7 Å². The molecule has 0 radical (unpaired) electrons. The summed E-state index contributed by atoms with van der Waals surface area (Å²) in [7, 11) is -1.70. The predicted molar refractivity (Wildman–Crippen MR) is 68.9 cm³/mol. The Bertz CT molecular complexity index is 462. The van der Waals surface area contributed by atoms with E-state index in [-0.39, 0.29) is 18.1 Å². The number of rotatable bonds is 6. The predicted octanol–water partition coefficient (Wildman–Crippen LogP) is 0.835. The number of likely N-dealkylation sites (N-methyl/N-ethyl adjacent to an activating group) is 1. The fraction of sp³-hybridized carbons (Fsp3) is 0.455. The fourth-order valence-electron chi connectivity index (χ4n) is 1.50. The molecule has 4 nitrogen and oxygen atoms in total. The van der Waals surface area contributed by atoms with E-state index in [0.717, 1.165) is 0 Å². The van der Waals surface area contributed by atoms with Crippen LogP contribution < -0.4 is 5.32 Å². The van der Waals surface area contributed by atoms with Crippen molar-refractivity contribution in [3.05, 3.63) is 34.9 Å². The molecule has 0 spiro atoms. The second-order valence-corrected chi connectivity index (χ2v) is 6.37. The lowest BCUT2D eigenvalue weighted by Crippen LogP contribution is -2.31. The summed E-state index contributed by atoms with van der Waals surface area (Å²) in [6.07, 6.45) is -0.896. The maximum atomic E-state index is 11.8. The lowest BCUT2D eigenvalue weighted by molar-refractivity contribution is 0.196. The number of hydrogen-bond donors (Lipinski definition) is 2. The van der Waals surface area contributed by atoms with Crippen molar-refractivity contribution in [2.24, 2.45) is 0 Å². The molecule has 0 saturated carbocycles. The molecule has 0 bridgehead atoms. The van der Waals surface area contributed by atoms with Crippen LogP contribution in [0.4, 0.5) is 0 Å². The van der Waals surface area contributed by atoms with Crippen molar-refractivity contribution in [2.45, 2.75) is 11.9 Å². The summed E-state index contributed by atoms with van der Waals surface area (Å²) in [4.78, 5) is 0. The first-order valence-corrected chi connectivity index (χ1v) is 7.41.